The summed E-state index contributed by atoms with van der Waals surface area (Å²) in [6.07, 6.45) is 1.71. The molecule has 0 spiro atoms. The van der Waals surface area contributed by atoms with Gasteiger partial charge in [-0.05, 0) is 6.92 Å². The van der Waals surface area contributed by atoms with Crippen LogP contribution in [0.4, 0.5) is 0 Å². The van der Waals surface area contributed by atoms with E-state index in [1.807, 2.05) is 5.38 Å². The average molecular weight is 240 g/mol. The quantitative estimate of drug-likeness (QED) is 0.773. The normalized spacial score (nSPS) is 10.2. The molecule has 0 bridgehead atoms. The number of hydrogen-bond donors (Lipinski definition) is 0. The van der Waals surface area contributed by atoms with Gasteiger partial charge in [0.1, 0.15) is 0 Å². The van der Waals surface area contributed by atoms with Crippen molar-refractivity contribution in [3.05, 3.63) is 22.7 Å². The Hall–Kier alpha value is -1.27. The van der Waals surface area contributed by atoms with Crippen molar-refractivity contribution < 1.29 is 9.53 Å². The fourth-order valence-corrected chi connectivity index (χ4v) is 2.48. The van der Waals surface area contributed by atoms with E-state index < -0.39 is 0 Å². The largest absolute Gasteiger partial charge is 0.461 e. The summed E-state index contributed by atoms with van der Waals surface area (Å²) in [5, 5.41) is 5.15. The van der Waals surface area contributed by atoms with Gasteiger partial charge in [-0.1, -0.05) is 0 Å². The summed E-state index contributed by atoms with van der Waals surface area (Å²) in [5.41, 5.74) is 0.354. The Balaban J connectivity index is 2.21. The molecule has 0 radical (unpaired) electrons. The Bertz CT molecular complexity index is 450. The van der Waals surface area contributed by atoms with Crippen molar-refractivity contribution >= 4 is 28.6 Å². The van der Waals surface area contributed by atoms with E-state index in [2.05, 4.69) is 9.97 Å². The van der Waals surface area contributed by atoms with E-state index in [9.17, 15) is 4.79 Å². The maximum absolute atomic E-state index is 11.3. The zero-order chi connectivity index (χ0) is 10.7. The lowest BCUT2D eigenvalue weighted by Gasteiger charge is -1.95. The summed E-state index contributed by atoms with van der Waals surface area (Å²) >= 11 is 2.90. The molecule has 0 saturated carbocycles. The van der Waals surface area contributed by atoms with Gasteiger partial charge >= 0.3 is 5.97 Å². The molecule has 0 atom stereocenters. The highest BCUT2D eigenvalue weighted by Crippen LogP contribution is 2.25. The van der Waals surface area contributed by atoms with Crippen molar-refractivity contribution in [2.75, 3.05) is 6.61 Å². The fourth-order valence-electron chi connectivity index (χ4n) is 1.000. The minimum Gasteiger partial charge on any atom is -0.461 e. The Morgan fingerprint density at radius 2 is 2.33 bits per heavy atom. The first-order valence-electron chi connectivity index (χ1n) is 4.33. The Morgan fingerprint density at radius 1 is 1.47 bits per heavy atom. The number of carbonyl (C=O) groups excluding carboxylic acids is 1. The van der Waals surface area contributed by atoms with E-state index in [0.29, 0.717) is 12.3 Å². The molecule has 2 aromatic heterocycles. The monoisotopic (exact) mass is 240 g/mol. The van der Waals surface area contributed by atoms with Gasteiger partial charge in [0.25, 0.3) is 0 Å². The smallest absolute Gasteiger partial charge is 0.357 e. The van der Waals surface area contributed by atoms with Crippen LogP contribution in [0.1, 0.15) is 17.4 Å². The first-order chi connectivity index (χ1) is 7.31. The van der Waals surface area contributed by atoms with Gasteiger partial charge in [0.2, 0.25) is 0 Å². The molecule has 0 aliphatic rings. The van der Waals surface area contributed by atoms with Gasteiger partial charge in [0.15, 0.2) is 15.7 Å². The van der Waals surface area contributed by atoms with E-state index in [1.54, 1.807) is 18.5 Å². The number of aromatic nitrogens is 2. The molecule has 0 saturated heterocycles. The third-order valence-electron chi connectivity index (χ3n) is 1.60. The molecule has 2 aromatic rings. The summed E-state index contributed by atoms with van der Waals surface area (Å²) in [5.74, 6) is -0.378. The summed E-state index contributed by atoms with van der Waals surface area (Å²) < 4.78 is 4.85. The third kappa shape index (κ3) is 2.21. The van der Waals surface area contributed by atoms with Crippen LogP contribution in [-0.4, -0.2) is 22.5 Å². The highest BCUT2D eigenvalue weighted by molar-refractivity contribution is 7.19. The zero-order valence-electron chi connectivity index (χ0n) is 7.97. The van der Waals surface area contributed by atoms with Gasteiger partial charge < -0.3 is 4.74 Å². The maximum Gasteiger partial charge on any atom is 0.357 e. The lowest BCUT2D eigenvalue weighted by Crippen LogP contribution is -2.04. The summed E-state index contributed by atoms with van der Waals surface area (Å²) in [4.78, 5) is 19.6. The molecule has 0 aromatic carbocycles. The SMILES string of the molecule is CCOC(=O)c1csc(-c2nccs2)n1. The van der Waals surface area contributed by atoms with Crippen LogP contribution in [0.5, 0.6) is 0 Å². The van der Waals surface area contributed by atoms with Gasteiger partial charge in [-0.2, -0.15) is 0 Å². The predicted octanol–water partition coefficient (Wildman–Crippen LogP) is 2.44. The number of ether oxygens (including phenoxy) is 1. The third-order valence-corrected chi connectivity index (χ3v) is 3.36. The standard InChI is InChI=1S/C9H8N2O2S2/c1-2-13-9(12)6-5-15-8(11-6)7-10-3-4-14-7/h3-5H,2H2,1H3. The van der Waals surface area contributed by atoms with Gasteiger partial charge in [-0.15, -0.1) is 22.7 Å². The van der Waals surface area contributed by atoms with Crippen LogP contribution in [-0.2, 0) is 4.74 Å². The van der Waals surface area contributed by atoms with Crippen LogP contribution in [0.25, 0.3) is 10.0 Å². The molecule has 0 N–H and O–H groups in total. The van der Waals surface area contributed by atoms with E-state index >= 15 is 0 Å². The van der Waals surface area contributed by atoms with Crippen LogP contribution in [0.2, 0.25) is 0 Å². The minimum atomic E-state index is -0.378. The molecule has 2 heterocycles. The highest BCUT2D eigenvalue weighted by atomic mass is 32.1. The Labute approximate surface area is 94.6 Å². The average Bonchev–Trinajstić information content (AvgIpc) is 2.89. The molecule has 4 nitrogen and oxygen atoms in total. The number of thiazole rings is 2. The minimum absolute atomic E-state index is 0.354. The number of nitrogens with zero attached hydrogens (tertiary/aromatic N) is 2. The molecule has 0 aliphatic heterocycles. The molecule has 6 heteroatoms. The van der Waals surface area contributed by atoms with Crippen LogP contribution in [0, 0.1) is 0 Å². The highest BCUT2D eigenvalue weighted by Gasteiger charge is 2.13. The summed E-state index contributed by atoms with van der Waals surface area (Å²) in [6.45, 7) is 2.13. The Morgan fingerprint density at radius 3 is 3.00 bits per heavy atom. The van der Waals surface area contributed by atoms with E-state index in [0.717, 1.165) is 10.0 Å². The lowest BCUT2D eigenvalue weighted by atomic mass is 10.5. The van der Waals surface area contributed by atoms with Crippen molar-refractivity contribution in [3.8, 4) is 10.0 Å². The summed E-state index contributed by atoms with van der Waals surface area (Å²) in [7, 11) is 0. The molecular formula is C9H8N2O2S2. The van der Waals surface area contributed by atoms with Gasteiger partial charge in [0.05, 0.1) is 6.61 Å². The Kier molecular flexibility index (Phi) is 3.08. The zero-order valence-corrected chi connectivity index (χ0v) is 9.60. The lowest BCUT2D eigenvalue weighted by molar-refractivity contribution is 0.0520. The van der Waals surface area contributed by atoms with Crippen LogP contribution < -0.4 is 0 Å². The first-order valence-corrected chi connectivity index (χ1v) is 6.09. The predicted molar refractivity (Wildman–Crippen MR) is 59.2 cm³/mol. The molecule has 0 aliphatic carbocycles. The number of esters is 1. The molecule has 0 amide bonds. The van der Waals surface area contributed by atoms with E-state index in [4.69, 9.17) is 4.74 Å². The second kappa shape index (κ2) is 4.50. The fraction of sp³-hybridized carbons (Fsp3) is 0.222. The second-order valence-corrected chi connectivity index (χ2v) is 4.35. The van der Waals surface area contributed by atoms with Crippen molar-refractivity contribution in [2.24, 2.45) is 0 Å². The maximum atomic E-state index is 11.3. The van der Waals surface area contributed by atoms with Crippen molar-refractivity contribution in [1.82, 2.24) is 9.97 Å². The van der Waals surface area contributed by atoms with Gasteiger partial charge in [-0.25, -0.2) is 14.8 Å². The number of hydrogen-bond acceptors (Lipinski definition) is 6. The molecule has 15 heavy (non-hydrogen) atoms. The molecule has 0 unspecified atom stereocenters. The molecule has 78 valence electrons. The number of rotatable bonds is 3. The van der Waals surface area contributed by atoms with Crippen molar-refractivity contribution in [2.45, 2.75) is 6.92 Å². The van der Waals surface area contributed by atoms with E-state index in [-0.39, 0.29) is 5.97 Å². The summed E-state index contributed by atoms with van der Waals surface area (Å²) in [6, 6.07) is 0. The van der Waals surface area contributed by atoms with E-state index in [1.165, 1.54) is 22.7 Å². The number of carbonyl (C=O) groups is 1. The van der Waals surface area contributed by atoms with Crippen LogP contribution in [0.3, 0.4) is 0 Å². The van der Waals surface area contributed by atoms with Crippen LogP contribution in [0.15, 0.2) is 17.0 Å². The topological polar surface area (TPSA) is 52.1 Å². The first kappa shape index (κ1) is 10.3. The van der Waals surface area contributed by atoms with Crippen molar-refractivity contribution in [3.63, 3.8) is 0 Å². The molecular weight excluding hydrogens is 232 g/mol. The van der Waals surface area contributed by atoms with Gasteiger partial charge in [-0.3, -0.25) is 0 Å². The van der Waals surface area contributed by atoms with Crippen LogP contribution >= 0.6 is 22.7 Å². The van der Waals surface area contributed by atoms with Gasteiger partial charge in [0, 0.05) is 17.0 Å². The molecule has 2 rings (SSSR count). The van der Waals surface area contributed by atoms with Crippen molar-refractivity contribution in [1.29, 1.82) is 0 Å². The molecule has 0 fully saturated rings. The second-order valence-electron chi connectivity index (χ2n) is 2.60.